The molecule has 0 spiro atoms. The minimum atomic E-state index is -0.373. The predicted molar refractivity (Wildman–Crippen MR) is 140 cm³/mol. The highest BCUT2D eigenvalue weighted by molar-refractivity contribution is 6.30. The van der Waals surface area contributed by atoms with Gasteiger partial charge in [0.05, 0.1) is 31.8 Å². The van der Waals surface area contributed by atoms with E-state index in [2.05, 4.69) is 4.90 Å². The van der Waals surface area contributed by atoms with E-state index in [0.717, 1.165) is 29.8 Å². The summed E-state index contributed by atoms with van der Waals surface area (Å²) in [5.41, 5.74) is 3.27. The summed E-state index contributed by atoms with van der Waals surface area (Å²) in [4.78, 5) is 28.6. The van der Waals surface area contributed by atoms with Gasteiger partial charge in [0.1, 0.15) is 5.82 Å². The van der Waals surface area contributed by atoms with Gasteiger partial charge in [-0.05, 0) is 53.1 Å². The molecular formula is C29H30ClFN2O4. The molecule has 3 aromatic rings. The zero-order valence-electron chi connectivity index (χ0n) is 20.7. The number of halogens is 2. The van der Waals surface area contributed by atoms with Gasteiger partial charge in [-0.3, -0.25) is 9.69 Å². The normalized spacial score (nSPS) is 14.8. The number of hydrogen-bond donors (Lipinski definition) is 0. The van der Waals surface area contributed by atoms with Crippen molar-refractivity contribution in [2.24, 2.45) is 0 Å². The Balaban J connectivity index is 1.34. The van der Waals surface area contributed by atoms with Gasteiger partial charge in [0.25, 0.3) is 0 Å². The third-order valence-corrected chi connectivity index (χ3v) is 6.74. The average Bonchev–Trinajstić information content (AvgIpc) is 2.93. The summed E-state index contributed by atoms with van der Waals surface area (Å²) in [6.07, 6.45) is 0.0740. The number of piperazine rings is 1. The molecule has 0 saturated carbocycles. The molecular weight excluding hydrogens is 495 g/mol. The van der Waals surface area contributed by atoms with Gasteiger partial charge < -0.3 is 14.4 Å². The first-order valence-corrected chi connectivity index (χ1v) is 12.6. The van der Waals surface area contributed by atoms with E-state index in [1.807, 2.05) is 41.3 Å². The molecule has 4 rings (SSSR count). The largest absolute Gasteiger partial charge is 0.465 e. The lowest BCUT2D eigenvalue weighted by Gasteiger charge is -2.36. The number of rotatable bonds is 9. The number of carbonyl (C=O) groups excluding carboxylic acids is 2. The van der Waals surface area contributed by atoms with Crippen LogP contribution < -0.4 is 0 Å². The van der Waals surface area contributed by atoms with Crippen LogP contribution >= 0.6 is 11.6 Å². The summed E-state index contributed by atoms with van der Waals surface area (Å²) >= 11 is 6.10. The second-order valence-corrected chi connectivity index (χ2v) is 9.46. The van der Waals surface area contributed by atoms with Gasteiger partial charge in [-0.2, -0.15) is 0 Å². The van der Waals surface area contributed by atoms with E-state index >= 15 is 0 Å². The fourth-order valence-corrected chi connectivity index (χ4v) is 4.41. The minimum absolute atomic E-state index is 0.0483. The molecule has 0 aromatic heterocycles. The summed E-state index contributed by atoms with van der Waals surface area (Å²) in [6, 6.07) is 20.9. The van der Waals surface area contributed by atoms with Crippen LogP contribution in [-0.2, 0) is 27.3 Å². The molecule has 0 aliphatic carbocycles. The molecule has 6 nitrogen and oxygen atoms in total. The Morgan fingerprint density at radius 2 is 1.51 bits per heavy atom. The standard InChI is InChI=1S/C29H30ClFN2O4/c1-36-29(35)24-6-2-22(3-7-24)20-37-27(23-8-10-25(30)11-9-23)19-32-14-16-33(17-15-32)28(34)18-21-4-12-26(31)13-5-21/h2-13,27H,14-20H2,1H3/t27-/m0/s1. The van der Waals surface area contributed by atoms with Crippen molar-refractivity contribution in [3.05, 3.63) is 106 Å². The van der Waals surface area contributed by atoms with E-state index < -0.39 is 0 Å². The van der Waals surface area contributed by atoms with Crippen molar-refractivity contribution in [1.82, 2.24) is 9.80 Å². The molecule has 37 heavy (non-hydrogen) atoms. The Labute approximate surface area is 221 Å². The first kappa shape index (κ1) is 26.8. The van der Waals surface area contributed by atoms with Gasteiger partial charge in [-0.25, -0.2) is 9.18 Å². The van der Waals surface area contributed by atoms with Crippen molar-refractivity contribution in [1.29, 1.82) is 0 Å². The van der Waals surface area contributed by atoms with Crippen LogP contribution in [0.5, 0.6) is 0 Å². The Bertz CT molecular complexity index is 1180. The highest BCUT2D eigenvalue weighted by Gasteiger charge is 2.24. The molecule has 1 saturated heterocycles. The summed E-state index contributed by atoms with van der Waals surface area (Å²) in [5, 5.41) is 0.661. The Kier molecular flexibility index (Phi) is 9.28. The van der Waals surface area contributed by atoms with E-state index in [9.17, 15) is 14.0 Å². The Morgan fingerprint density at radius 1 is 0.892 bits per heavy atom. The van der Waals surface area contributed by atoms with Crippen LogP contribution in [0.15, 0.2) is 72.8 Å². The van der Waals surface area contributed by atoms with Crippen molar-refractivity contribution in [3.63, 3.8) is 0 Å². The van der Waals surface area contributed by atoms with Gasteiger partial charge in [-0.1, -0.05) is 48.0 Å². The summed E-state index contributed by atoms with van der Waals surface area (Å²) in [6.45, 7) is 3.77. The average molecular weight is 525 g/mol. The van der Waals surface area contributed by atoms with Crippen molar-refractivity contribution in [3.8, 4) is 0 Å². The van der Waals surface area contributed by atoms with Crippen LogP contribution in [-0.4, -0.2) is 61.5 Å². The molecule has 1 atom stereocenters. The maximum Gasteiger partial charge on any atom is 0.337 e. The van der Waals surface area contributed by atoms with Crippen LogP contribution in [0.3, 0.4) is 0 Å². The molecule has 1 fully saturated rings. The van der Waals surface area contributed by atoms with Gasteiger partial charge in [0.2, 0.25) is 5.91 Å². The molecule has 0 unspecified atom stereocenters. The molecule has 1 amide bonds. The number of carbonyl (C=O) groups is 2. The van der Waals surface area contributed by atoms with Crippen LogP contribution in [0.1, 0.15) is 33.2 Å². The number of benzene rings is 3. The lowest BCUT2D eigenvalue weighted by atomic mass is 10.1. The lowest BCUT2D eigenvalue weighted by Crippen LogP contribution is -2.50. The maximum absolute atomic E-state index is 13.1. The van der Waals surface area contributed by atoms with Crippen molar-refractivity contribution >= 4 is 23.5 Å². The van der Waals surface area contributed by atoms with E-state index in [-0.39, 0.29) is 30.2 Å². The second-order valence-electron chi connectivity index (χ2n) is 9.02. The van der Waals surface area contributed by atoms with Gasteiger partial charge >= 0.3 is 5.97 Å². The highest BCUT2D eigenvalue weighted by Crippen LogP contribution is 2.24. The number of hydrogen-bond acceptors (Lipinski definition) is 5. The summed E-state index contributed by atoms with van der Waals surface area (Å²) < 4.78 is 24.2. The van der Waals surface area contributed by atoms with Crippen molar-refractivity contribution in [2.45, 2.75) is 19.1 Å². The predicted octanol–water partition coefficient (Wildman–Crippen LogP) is 4.91. The van der Waals surface area contributed by atoms with Crippen molar-refractivity contribution < 1.29 is 23.5 Å². The number of esters is 1. The molecule has 0 bridgehead atoms. The number of ether oxygens (including phenoxy) is 2. The molecule has 1 aliphatic heterocycles. The molecule has 0 radical (unpaired) electrons. The quantitative estimate of drug-likeness (QED) is 0.372. The molecule has 3 aromatic carbocycles. The van der Waals surface area contributed by atoms with Crippen LogP contribution in [0, 0.1) is 5.82 Å². The zero-order chi connectivity index (χ0) is 26.2. The zero-order valence-corrected chi connectivity index (χ0v) is 21.5. The summed E-state index contributed by atoms with van der Waals surface area (Å²) in [5.74, 6) is -0.630. The van der Waals surface area contributed by atoms with E-state index in [0.29, 0.717) is 36.8 Å². The monoisotopic (exact) mass is 524 g/mol. The summed E-state index contributed by atoms with van der Waals surface area (Å²) in [7, 11) is 1.36. The Morgan fingerprint density at radius 3 is 2.14 bits per heavy atom. The van der Waals surface area contributed by atoms with Crippen LogP contribution in [0.4, 0.5) is 4.39 Å². The molecule has 1 aliphatic rings. The molecule has 194 valence electrons. The third-order valence-electron chi connectivity index (χ3n) is 6.49. The number of amides is 1. The minimum Gasteiger partial charge on any atom is -0.465 e. The fourth-order valence-electron chi connectivity index (χ4n) is 4.29. The number of methoxy groups -OCH3 is 1. The lowest BCUT2D eigenvalue weighted by molar-refractivity contribution is -0.132. The van der Waals surface area contributed by atoms with E-state index in [4.69, 9.17) is 21.1 Å². The Hall–Kier alpha value is -3.26. The molecule has 0 N–H and O–H groups in total. The van der Waals surface area contributed by atoms with Gasteiger partial charge in [-0.15, -0.1) is 0 Å². The SMILES string of the molecule is COC(=O)c1ccc(CO[C@@H](CN2CCN(C(=O)Cc3ccc(F)cc3)CC2)c2ccc(Cl)cc2)cc1. The first-order chi connectivity index (χ1) is 17.9. The highest BCUT2D eigenvalue weighted by atomic mass is 35.5. The first-order valence-electron chi connectivity index (χ1n) is 12.2. The molecule has 1 heterocycles. The van der Waals surface area contributed by atoms with Crippen LogP contribution in [0.2, 0.25) is 5.02 Å². The third kappa shape index (κ3) is 7.61. The van der Waals surface area contributed by atoms with Gasteiger partial charge in [0, 0.05) is 37.7 Å². The number of nitrogens with zero attached hydrogens (tertiary/aromatic N) is 2. The smallest absolute Gasteiger partial charge is 0.337 e. The van der Waals surface area contributed by atoms with E-state index in [1.54, 1.807) is 24.3 Å². The maximum atomic E-state index is 13.1. The van der Waals surface area contributed by atoms with Crippen LogP contribution in [0.25, 0.3) is 0 Å². The van der Waals surface area contributed by atoms with E-state index in [1.165, 1.54) is 19.2 Å². The van der Waals surface area contributed by atoms with Crippen molar-refractivity contribution in [2.75, 3.05) is 39.8 Å². The fraction of sp³-hybridized carbons (Fsp3) is 0.310. The van der Waals surface area contributed by atoms with Gasteiger partial charge in [0.15, 0.2) is 0 Å². The molecule has 8 heteroatoms. The second kappa shape index (κ2) is 12.8. The topological polar surface area (TPSA) is 59.1 Å².